The molecule has 21 heavy (non-hydrogen) atoms. The van der Waals surface area contributed by atoms with Crippen LogP contribution in [0.25, 0.3) is 0 Å². The standard InChI is InChI=1S/C17H21N3O/c1-4-18-16-10-9-14(11-19-16)17(21)20-13(3)15-8-6-5-7-12(15)2/h5-11,13H,4H2,1-3H3,(H,18,19)(H,20,21). The number of benzene rings is 1. The van der Waals surface area contributed by atoms with Crippen LogP contribution in [0, 0.1) is 6.92 Å². The van der Waals surface area contributed by atoms with Crippen molar-refractivity contribution in [3.05, 3.63) is 59.3 Å². The Morgan fingerprint density at radius 3 is 2.62 bits per heavy atom. The number of carbonyl (C=O) groups is 1. The number of aryl methyl sites for hydroxylation is 1. The van der Waals surface area contributed by atoms with E-state index in [1.165, 1.54) is 5.56 Å². The van der Waals surface area contributed by atoms with Crippen molar-refractivity contribution >= 4 is 11.7 Å². The molecule has 0 aliphatic rings. The summed E-state index contributed by atoms with van der Waals surface area (Å²) >= 11 is 0. The maximum absolute atomic E-state index is 12.2. The fourth-order valence-corrected chi connectivity index (χ4v) is 2.24. The molecule has 0 aliphatic heterocycles. The third-order valence-electron chi connectivity index (χ3n) is 3.39. The lowest BCUT2D eigenvalue weighted by molar-refractivity contribution is 0.0939. The molecule has 4 heteroatoms. The fraction of sp³-hybridized carbons (Fsp3) is 0.294. The Bertz CT molecular complexity index is 608. The van der Waals surface area contributed by atoms with Gasteiger partial charge in [-0.15, -0.1) is 0 Å². The van der Waals surface area contributed by atoms with Gasteiger partial charge in [0.15, 0.2) is 0 Å². The van der Waals surface area contributed by atoms with E-state index >= 15 is 0 Å². The zero-order valence-corrected chi connectivity index (χ0v) is 12.7. The highest BCUT2D eigenvalue weighted by atomic mass is 16.1. The number of pyridine rings is 1. The maximum atomic E-state index is 12.2. The highest BCUT2D eigenvalue weighted by molar-refractivity contribution is 5.94. The minimum Gasteiger partial charge on any atom is -0.370 e. The number of rotatable bonds is 5. The van der Waals surface area contributed by atoms with Crippen molar-refractivity contribution in [2.45, 2.75) is 26.8 Å². The van der Waals surface area contributed by atoms with Crippen LogP contribution >= 0.6 is 0 Å². The summed E-state index contributed by atoms with van der Waals surface area (Å²) in [7, 11) is 0. The second kappa shape index (κ2) is 6.88. The average molecular weight is 283 g/mol. The van der Waals surface area contributed by atoms with Crippen LogP contribution in [0.3, 0.4) is 0 Å². The Labute approximate surface area is 125 Å². The van der Waals surface area contributed by atoms with Gasteiger partial charge < -0.3 is 10.6 Å². The monoisotopic (exact) mass is 283 g/mol. The Morgan fingerprint density at radius 1 is 1.24 bits per heavy atom. The molecule has 0 bridgehead atoms. The summed E-state index contributed by atoms with van der Waals surface area (Å²) in [5.74, 6) is 0.669. The summed E-state index contributed by atoms with van der Waals surface area (Å²) in [4.78, 5) is 16.5. The van der Waals surface area contributed by atoms with E-state index in [0.717, 1.165) is 17.9 Å². The first-order valence-corrected chi connectivity index (χ1v) is 7.18. The summed E-state index contributed by atoms with van der Waals surface area (Å²) in [5.41, 5.74) is 2.87. The van der Waals surface area contributed by atoms with Gasteiger partial charge in [-0.25, -0.2) is 4.98 Å². The van der Waals surface area contributed by atoms with Gasteiger partial charge in [0, 0.05) is 12.7 Å². The van der Waals surface area contributed by atoms with Crippen LogP contribution in [-0.4, -0.2) is 17.4 Å². The van der Waals surface area contributed by atoms with Gasteiger partial charge in [-0.2, -0.15) is 0 Å². The van der Waals surface area contributed by atoms with Gasteiger partial charge in [0.05, 0.1) is 11.6 Å². The molecule has 110 valence electrons. The summed E-state index contributed by atoms with van der Waals surface area (Å²) in [5, 5.41) is 6.11. The number of anilines is 1. The van der Waals surface area contributed by atoms with Gasteiger partial charge >= 0.3 is 0 Å². The predicted molar refractivity (Wildman–Crippen MR) is 85.5 cm³/mol. The zero-order valence-electron chi connectivity index (χ0n) is 12.7. The van der Waals surface area contributed by atoms with E-state index in [1.807, 2.05) is 51.1 Å². The molecule has 1 unspecified atom stereocenters. The van der Waals surface area contributed by atoms with Crippen molar-refractivity contribution in [3.8, 4) is 0 Å². The van der Waals surface area contributed by atoms with Crippen LogP contribution in [0.2, 0.25) is 0 Å². The first kappa shape index (κ1) is 15.0. The van der Waals surface area contributed by atoms with Gasteiger partial charge in [-0.3, -0.25) is 4.79 Å². The van der Waals surface area contributed by atoms with Crippen LogP contribution in [0.5, 0.6) is 0 Å². The first-order valence-electron chi connectivity index (χ1n) is 7.18. The molecule has 2 rings (SSSR count). The van der Waals surface area contributed by atoms with Crippen molar-refractivity contribution in [1.29, 1.82) is 0 Å². The number of carbonyl (C=O) groups excluding carboxylic acids is 1. The first-order chi connectivity index (χ1) is 10.1. The summed E-state index contributed by atoms with van der Waals surface area (Å²) < 4.78 is 0. The zero-order chi connectivity index (χ0) is 15.2. The Morgan fingerprint density at radius 2 is 2.00 bits per heavy atom. The predicted octanol–water partition coefficient (Wildman–Crippen LogP) is 3.31. The third-order valence-corrected chi connectivity index (χ3v) is 3.39. The minimum atomic E-state index is -0.110. The molecular weight excluding hydrogens is 262 g/mol. The summed E-state index contributed by atoms with van der Waals surface area (Å²) in [6.45, 7) is 6.85. The van der Waals surface area contributed by atoms with Gasteiger partial charge in [0.1, 0.15) is 5.82 Å². The van der Waals surface area contributed by atoms with Gasteiger partial charge in [0.2, 0.25) is 0 Å². The van der Waals surface area contributed by atoms with Gasteiger partial charge in [-0.1, -0.05) is 24.3 Å². The molecule has 0 saturated carbocycles. The molecule has 2 N–H and O–H groups in total. The molecule has 1 heterocycles. The molecule has 1 atom stereocenters. The topological polar surface area (TPSA) is 54.0 Å². The third kappa shape index (κ3) is 3.81. The number of hydrogen-bond acceptors (Lipinski definition) is 3. The smallest absolute Gasteiger partial charge is 0.253 e. The summed E-state index contributed by atoms with van der Waals surface area (Å²) in [6.07, 6.45) is 1.60. The van der Waals surface area contributed by atoms with Crippen molar-refractivity contribution in [2.24, 2.45) is 0 Å². The number of nitrogens with one attached hydrogen (secondary N) is 2. The molecular formula is C17H21N3O. The molecule has 2 aromatic rings. The van der Waals surface area contributed by atoms with E-state index in [9.17, 15) is 4.79 Å². The van der Waals surface area contributed by atoms with Crippen LogP contribution in [0.15, 0.2) is 42.6 Å². The van der Waals surface area contributed by atoms with E-state index < -0.39 is 0 Å². The van der Waals surface area contributed by atoms with Gasteiger partial charge in [-0.05, 0) is 44.0 Å². The van der Waals surface area contributed by atoms with Crippen molar-refractivity contribution in [1.82, 2.24) is 10.3 Å². The molecule has 0 spiro atoms. The van der Waals surface area contributed by atoms with Crippen LogP contribution in [0.4, 0.5) is 5.82 Å². The van der Waals surface area contributed by atoms with E-state index in [-0.39, 0.29) is 11.9 Å². The molecule has 0 saturated heterocycles. The fourth-order valence-electron chi connectivity index (χ4n) is 2.24. The Kier molecular flexibility index (Phi) is 4.93. The van der Waals surface area contributed by atoms with E-state index in [0.29, 0.717) is 5.56 Å². The van der Waals surface area contributed by atoms with Crippen LogP contribution in [0.1, 0.15) is 41.4 Å². The average Bonchev–Trinajstić information content (AvgIpc) is 2.48. The minimum absolute atomic E-state index is 0.0351. The second-order valence-corrected chi connectivity index (χ2v) is 5.01. The molecule has 0 aliphatic carbocycles. The Balaban J connectivity index is 2.05. The Hall–Kier alpha value is -2.36. The molecule has 4 nitrogen and oxygen atoms in total. The van der Waals surface area contributed by atoms with E-state index in [2.05, 4.69) is 15.6 Å². The second-order valence-electron chi connectivity index (χ2n) is 5.01. The summed E-state index contributed by atoms with van der Waals surface area (Å²) in [6, 6.07) is 11.6. The van der Waals surface area contributed by atoms with E-state index in [1.54, 1.807) is 12.3 Å². The van der Waals surface area contributed by atoms with Gasteiger partial charge in [0.25, 0.3) is 5.91 Å². The largest absolute Gasteiger partial charge is 0.370 e. The lowest BCUT2D eigenvalue weighted by Crippen LogP contribution is -2.27. The number of nitrogens with zero attached hydrogens (tertiary/aromatic N) is 1. The van der Waals surface area contributed by atoms with Crippen molar-refractivity contribution < 1.29 is 4.79 Å². The molecule has 0 fully saturated rings. The number of hydrogen-bond donors (Lipinski definition) is 2. The van der Waals surface area contributed by atoms with Crippen molar-refractivity contribution in [2.75, 3.05) is 11.9 Å². The van der Waals surface area contributed by atoms with Crippen LogP contribution < -0.4 is 10.6 Å². The molecule has 1 aromatic carbocycles. The SMILES string of the molecule is CCNc1ccc(C(=O)NC(C)c2ccccc2C)cn1. The normalized spacial score (nSPS) is 11.8. The lowest BCUT2D eigenvalue weighted by atomic mass is 10.0. The maximum Gasteiger partial charge on any atom is 0.253 e. The van der Waals surface area contributed by atoms with Crippen LogP contribution in [-0.2, 0) is 0 Å². The quantitative estimate of drug-likeness (QED) is 0.885. The molecule has 1 amide bonds. The number of aromatic nitrogens is 1. The molecule has 1 aromatic heterocycles. The van der Waals surface area contributed by atoms with Crippen molar-refractivity contribution in [3.63, 3.8) is 0 Å². The lowest BCUT2D eigenvalue weighted by Gasteiger charge is -2.16. The highest BCUT2D eigenvalue weighted by Gasteiger charge is 2.13. The highest BCUT2D eigenvalue weighted by Crippen LogP contribution is 2.17. The molecule has 0 radical (unpaired) electrons. The van der Waals surface area contributed by atoms with E-state index in [4.69, 9.17) is 0 Å². The number of amides is 1.